The van der Waals surface area contributed by atoms with Gasteiger partial charge in [-0.05, 0) is 24.6 Å². The van der Waals surface area contributed by atoms with Crippen LogP contribution in [-0.4, -0.2) is 27.0 Å². The number of thiazole rings is 1. The Morgan fingerprint density at radius 3 is 2.93 bits per heavy atom. The lowest BCUT2D eigenvalue weighted by Crippen LogP contribution is -2.16. The number of carbonyl (C=O) groups excluding carboxylic acids is 1. The first-order valence-electron chi connectivity index (χ1n) is 8.56. The third-order valence-electron chi connectivity index (χ3n) is 3.80. The molecule has 2 heterocycles. The Labute approximate surface area is 165 Å². The Kier molecular flexibility index (Phi) is 6.18. The Morgan fingerprint density at radius 2 is 2.14 bits per heavy atom. The number of aromatic nitrogens is 2. The average molecular weight is 395 g/mol. The monoisotopic (exact) mass is 395 g/mol. The van der Waals surface area contributed by atoms with Gasteiger partial charge in [0.15, 0.2) is 0 Å². The molecule has 0 aliphatic heterocycles. The number of hydrogen-bond acceptors (Lipinski definition) is 7. The predicted molar refractivity (Wildman–Crippen MR) is 107 cm³/mol. The van der Waals surface area contributed by atoms with Gasteiger partial charge < -0.3 is 0 Å². The molecule has 0 unspecified atom stereocenters. The number of carbonyl (C=O) groups is 1. The molecule has 0 saturated carbocycles. The first kappa shape index (κ1) is 19.3. The van der Waals surface area contributed by atoms with Crippen molar-refractivity contribution in [3.05, 3.63) is 75.0 Å². The van der Waals surface area contributed by atoms with E-state index in [1.165, 1.54) is 29.8 Å². The molecule has 0 bridgehead atoms. The second-order valence-corrected chi connectivity index (χ2v) is 6.86. The lowest BCUT2D eigenvalue weighted by molar-refractivity contribution is -0.385. The van der Waals surface area contributed by atoms with Crippen molar-refractivity contribution >= 4 is 29.1 Å². The van der Waals surface area contributed by atoms with Crippen molar-refractivity contribution in [2.75, 3.05) is 0 Å². The smallest absolute Gasteiger partial charge is 0.266 e. The van der Waals surface area contributed by atoms with E-state index in [0.29, 0.717) is 15.4 Å². The number of rotatable bonds is 7. The van der Waals surface area contributed by atoms with Gasteiger partial charge in [-0.15, -0.1) is 11.3 Å². The first-order valence-corrected chi connectivity index (χ1v) is 9.38. The Morgan fingerprint density at radius 1 is 1.32 bits per heavy atom. The molecule has 1 N–H and O–H groups in total. The van der Waals surface area contributed by atoms with Crippen molar-refractivity contribution in [3.8, 4) is 10.6 Å². The third kappa shape index (κ3) is 4.63. The molecule has 0 atom stereocenters. The van der Waals surface area contributed by atoms with Crippen LogP contribution in [0.3, 0.4) is 0 Å². The molecular formula is C19H17N5O3S. The SMILES string of the molecule is CCCc1cc(-c2ncc(C(=O)N/N=C\c3ccccc3[N+](=O)[O-])s2)ccn1. The van der Waals surface area contributed by atoms with Gasteiger partial charge >= 0.3 is 0 Å². The maximum atomic E-state index is 12.3. The highest BCUT2D eigenvalue weighted by Crippen LogP contribution is 2.25. The van der Waals surface area contributed by atoms with Crippen molar-refractivity contribution in [2.24, 2.45) is 5.10 Å². The van der Waals surface area contributed by atoms with E-state index in [9.17, 15) is 14.9 Å². The molecule has 0 aliphatic carbocycles. The molecule has 9 heteroatoms. The van der Waals surface area contributed by atoms with Crippen LogP contribution in [0.15, 0.2) is 53.9 Å². The minimum atomic E-state index is -0.500. The quantitative estimate of drug-likeness (QED) is 0.371. The van der Waals surface area contributed by atoms with E-state index in [-0.39, 0.29) is 5.69 Å². The van der Waals surface area contributed by atoms with E-state index in [2.05, 4.69) is 27.4 Å². The van der Waals surface area contributed by atoms with Gasteiger partial charge in [0.25, 0.3) is 11.6 Å². The van der Waals surface area contributed by atoms with Crippen LogP contribution in [-0.2, 0) is 6.42 Å². The van der Waals surface area contributed by atoms with Crippen LogP contribution in [0.2, 0.25) is 0 Å². The van der Waals surface area contributed by atoms with Crippen molar-refractivity contribution < 1.29 is 9.72 Å². The van der Waals surface area contributed by atoms with Crippen LogP contribution < -0.4 is 5.43 Å². The molecule has 0 saturated heterocycles. The van der Waals surface area contributed by atoms with E-state index < -0.39 is 10.8 Å². The third-order valence-corrected chi connectivity index (χ3v) is 4.85. The molecule has 142 valence electrons. The molecule has 1 amide bonds. The summed E-state index contributed by atoms with van der Waals surface area (Å²) in [4.78, 5) is 31.8. The summed E-state index contributed by atoms with van der Waals surface area (Å²) >= 11 is 1.24. The number of nitrogens with one attached hydrogen (secondary N) is 1. The molecule has 2 aromatic heterocycles. The molecule has 3 rings (SSSR count). The van der Waals surface area contributed by atoms with Crippen molar-refractivity contribution in [2.45, 2.75) is 19.8 Å². The molecule has 0 spiro atoms. The number of nitro groups is 1. The van der Waals surface area contributed by atoms with Crippen molar-refractivity contribution in [3.63, 3.8) is 0 Å². The summed E-state index contributed by atoms with van der Waals surface area (Å²) in [6, 6.07) is 9.98. The fraction of sp³-hybridized carbons (Fsp3) is 0.158. The molecule has 0 radical (unpaired) electrons. The minimum Gasteiger partial charge on any atom is -0.266 e. The molecule has 3 aromatic rings. The van der Waals surface area contributed by atoms with E-state index in [4.69, 9.17) is 0 Å². The fourth-order valence-corrected chi connectivity index (χ4v) is 3.30. The zero-order chi connectivity index (χ0) is 19.9. The lowest BCUT2D eigenvalue weighted by Gasteiger charge is -2.00. The van der Waals surface area contributed by atoms with Crippen molar-refractivity contribution in [1.29, 1.82) is 0 Å². The van der Waals surface area contributed by atoms with Gasteiger partial charge in [-0.1, -0.05) is 25.5 Å². The summed E-state index contributed by atoms with van der Waals surface area (Å²) in [6.45, 7) is 2.09. The highest BCUT2D eigenvalue weighted by atomic mass is 32.1. The van der Waals surface area contributed by atoms with E-state index in [1.54, 1.807) is 24.4 Å². The minimum absolute atomic E-state index is 0.0823. The number of aryl methyl sites for hydroxylation is 1. The summed E-state index contributed by atoms with van der Waals surface area (Å²) in [5.74, 6) is -0.429. The standard InChI is InChI=1S/C19H17N5O3S/c1-2-5-15-10-13(8-9-20-15)19-21-12-17(28-19)18(25)23-22-11-14-6-3-4-7-16(14)24(26)27/h3-4,6-12H,2,5H2,1H3,(H,23,25)/b22-11-. The Bertz CT molecular complexity index is 1030. The summed E-state index contributed by atoms with van der Waals surface area (Å²) in [7, 11) is 0. The highest BCUT2D eigenvalue weighted by molar-refractivity contribution is 7.16. The van der Waals surface area contributed by atoms with E-state index in [0.717, 1.165) is 24.1 Å². The molecule has 28 heavy (non-hydrogen) atoms. The van der Waals surface area contributed by atoms with Crippen LogP contribution in [0.1, 0.15) is 34.3 Å². The topological polar surface area (TPSA) is 110 Å². The number of hydrazone groups is 1. The van der Waals surface area contributed by atoms with Gasteiger partial charge in [0.1, 0.15) is 9.88 Å². The summed E-state index contributed by atoms with van der Waals surface area (Å²) in [6.07, 6.45) is 6.35. The number of nitrogens with zero attached hydrogens (tertiary/aromatic N) is 4. The lowest BCUT2D eigenvalue weighted by atomic mass is 10.2. The van der Waals surface area contributed by atoms with Crippen LogP contribution in [0.5, 0.6) is 0 Å². The second-order valence-electron chi connectivity index (χ2n) is 5.83. The maximum absolute atomic E-state index is 12.3. The van der Waals surface area contributed by atoms with Gasteiger partial charge in [-0.25, -0.2) is 10.4 Å². The summed E-state index contributed by atoms with van der Waals surface area (Å²) in [5, 5.41) is 15.5. The summed E-state index contributed by atoms with van der Waals surface area (Å²) < 4.78 is 0. The van der Waals surface area contributed by atoms with Gasteiger partial charge in [0, 0.05) is 23.5 Å². The predicted octanol–water partition coefficient (Wildman–Crippen LogP) is 3.83. The molecule has 0 fully saturated rings. The van der Waals surface area contributed by atoms with Crippen molar-refractivity contribution in [1.82, 2.24) is 15.4 Å². The molecule has 8 nitrogen and oxygen atoms in total. The molecule has 1 aromatic carbocycles. The maximum Gasteiger partial charge on any atom is 0.283 e. The van der Waals surface area contributed by atoms with Gasteiger partial charge in [0.05, 0.1) is 22.9 Å². The normalized spacial score (nSPS) is 10.9. The van der Waals surface area contributed by atoms with Gasteiger partial charge in [-0.3, -0.25) is 19.9 Å². The van der Waals surface area contributed by atoms with Crippen LogP contribution in [0, 0.1) is 10.1 Å². The van der Waals surface area contributed by atoms with Crippen LogP contribution in [0.25, 0.3) is 10.6 Å². The molecular weight excluding hydrogens is 378 g/mol. The highest BCUT2D eigenvalue weighted by Gasteiger charge is 2.13. The first-order chi connectivity index (χ1) is 13.6. The number of hydrogen-bond donors (Lipinski definition) is 1. The van der Waals surface area contributed by atoms with Crippen LogP contribution >= 0.6 is 11.3 Å². The number of pyridine rings is 1. The van der Waals surface area contributed by atoms with Crippen LogP contribution in [0.4, 0.5) is 5.69 Å². The number of amides is 1. The number of para-hydroxylation sites is 1. The second kappa shape index (κ2) is 8.96. The number of benzene rings is 1. The van der Waals surface area contributed by atoms with Gasteiger partial charge in [-0.2, -0.15) is 5.10 Å². The van der Waals surface area contributed by atoms with Gasteiger partial charge in [0.2, 0.25) is 0 Å². The number of nitro benzene ring substituents is 1. The largest absolute Gasteiger partial charge is 0.283 e. The fourth-order valence-electron chi connectivity index (χ4n) is 2.50. The molecule has 0 aliphatic rings. The zero-order valence-electron chi connectivity index (χ0n) is 15.0. The Hall–Kier alpha value is -3.46. The van der Waals surface area contributed by atoms with E-state index >= 15 is 0 Å². The average Bonchev–Trinajstić information content (AvgIpc) is 3.19. The van der Waals surface area contributed by atoms with E-state index in [1.807, 2.05) is 12.1 Å². The Balaban J connectivity index is 1.70. The summed E-state index contributed by atoms with van der Waals surface area (Å²) in [5.41, 5.74) is 4.49. The zero-order valence-corrected chi connectivity index (χ0v) is 15.8.